The summed E-state index contributed by atoms with van der Waals surface area (Å²) in [5.74, 6) is -2.36. The lowest BCUT2D eigenvalue weighted by Gasteiger charge is -2.20. The number of rotatable bonds is 14. The van der Waals surface area contributed by atoms with Crippen molar-refractivity contribution in [2.75, 3.05) is 33.1 Å². The van der Waals surface area contributed by atoms with Crippen molar-refractivity contribution in [1.29, 1.82) is 0 Å². The van der Waals surface area contributed by atoms with Crippen LogP contribution in [0.25, 0.3) is 0 Å². The minimum atomic E-state index is -0.957. The first-order chi connectivity index (χ1) is 12.9. The quantitative estimate of drug-likeness (QED) is 0.235. The van der Waals surface area contributed by atoms with E-state index in [9.17, 15) is 19.2 Å². The fourth-order valence-electron chi connectivity index (χ4n) is 2.04. The van der Waals surface area contributed by atoms with Crippen LogP contribution in [0.3, 0.4) is 0 Å². The molecule has 0 radical (unpaired) electrons. The number of carbonyl (C=O) groups is 4. The highest BCUT2D eigenvalue weighted by molar-refractivity contribution is 5.83. The molecule has 10 nitrogen and oxygen atoms in total. The molecule has 0 amide bonds. The lowest BCUT2D eigenvalue weighted by atomic mass is 10.2. The molecule has 10 heteroatoms. The summed E-state index contributed by atoms with van der Waals surface area (Å²) < 4.78 is 19.5. The van der Waals surface area contributed by atoms with E-state index in [1.54, 1.807) is 27.7 Å². The van der Waals surface area contributed by atoms with Crippen molar-refractivity contribution in [2.24, 2.45) is 0 Å². The van der Waals surface area contributed by atoms with Crippen LogP contribution in [0.1, 0.15) is 40.5 Å². The van der Waals surface area contributed by atoms with Crippen LogP contribution in [0, 0.1) is 0 Å². The maximum absolute atomic E-state index is 12.0. The normalized spacial score (nSPS) is 12.6. The first-order valence-electron chi connectivity index (χ1n) is 9.00. The van der Waals surface area contributed by atoms with Crippen molar-refractivity contribution < 1.29 is 38.1 Å². The van der Waals surface area contributed by atoms with E-state index in [-0.39, 0.29) is 45.9 Å². The number of esters is 4. The summed E-state index contributed by atoms with van der Waals surface area (Å²) >= 11 is 0. The Hall–Kier alpha value is -2.20. The highest BCUT2D eigenvalue weighted by Crippen LogP contribution is 2.01. The molecule has 0 bridgehead atoms. The van der Waals surface area contributed by atoms with Gasteiger partial charge in [0.05, 0.1) is 39.3 Å². The van der Waals surface area contributed by atoms with Crippen LogP contribution in [0.5, 0.6) is 0 Å². The minimum absolute atomic E-state index is 0.0498. The molecule has 2 N–H and O–H groups in total. The standard InChI is InChI=1S/C17H30N2O8/c1-5-24-14(20)9-12(16(22)26-7-3)18-11-19-13(17(23)27-8-4)10-15(21)25-6-2/h12-13,18-19H,5-11H2,1-4H3. The molecular weight excluding hydrogens is 360 g/mol. The maximum atomic E-state index is 12.0. The molecule has 0 saturated heterocycles. The average molecular weight is 390 g/mol. The van der Waals surface area contributed by atoms with Gasteiger partial charge in [-0.15, -0.1) is 0 Å². The number of hydrogen-bond acceptors (Lipinski definition) is 10. The topological polar surface area (TPSA) is 129 Å². The molecule has 0 saturated carbocycles. The van der Waals surface area contributed by atoms with Crippen molar-refractivity contribution >= 4 is 23.9 Å². The van der Waals surface area contributed by atoms with E-state index in [1.165, 1.54) is 0 Å². The van der Waals surface area contributed by atoms with Crippen LogP contribution in [0.15, 0.2) is 0 Å². The summed E-state index contributed by atoms with van der Waals surface area (Å²) in [6.45, 7) is 7.25. The second-order valence-electron chi connectivity index (χ2n) is 5.21. The summed E-state index contributed by atoms with van der Waals surface area (Å²) in [6, 6.07) is -1.91. The molecule has 0 aromatic carbocycles. The van der Waals surface area contributed by atoms with Crippen molar-refractivity contribution in [3.63, 3.8) is 0 Å². The summed E-state index contributed by atoms with van der Waals surface area (Å²) in [7, 11) is 0. The molecule has 2 atom stereocenters. The molecule has 0 aliphatic rings. The number of ether oxygens (including phenoxy) is 4. The van der Waals surface area contributed by atoms with Crippen LogP contribution >= 0.6 is 0 Å². The lowest BCUT2D eigenvalue weighted by molar-refractivity contribution is -0.153. The molecule has 0 fully saturated rings. The number of carbonyl (C=O) groups excluding carboxylic acids is 4. The van der Waals surface area contributed by atoms with Gasteiger partial charge in [-0.3, -0.25) is 29.8 Å². The summed E-state index contributed by atoms with van der Waals surface area (Å²) in [5.41, 5.74) is 0. The Bertz CT molecular complexity index is 442. The van der Waals surface area contributed by atoms with E-state index in [2.05, 4.69) is 10.6 Å². The van der Waals surface area contributed by atoms with E-state index < -0.39 is 36.0 Å². The highest BCUT2D eigenvalue weighted by atomic mass is 16.5. The van der Waals surface area contributed by atoms with Gasteiger partial charge >= 0.3 is 23.9 Å². The van der Waals surface area contributed by atoms with Gasteiger partial charge in [-0.25, -0.2) is 0 Å². The molecule has 0 spiro atoms. The minimum Gasteiger partial charge on any atom is -0.466 e. The van der Waals surface area contributed by atoms with Crippen LogP contribution in [-0.2, 0) is 38.1 Å². The SMILES string of the molecule is CCOC(=O)CC(NCNC(CC(=O)OCC)C(=O)OCC)C(=O)OCC. The van der Waals surface area contributed by atoms with E-state index in [0.717, 1.165) is 0 Å². The third-order valence-corrected chi connectivity index (χ3v) is 3.19. The zero-order chi connectivity index (χ0) is 20.7. The van der Waals surface area contributed by atoms with Gasteiger partial charge in [-0.2, -0.15) is 0 Å². The first-order valence-corrected chi connectivity index (χ1v) is 9.00. The van der Waals surface area contributed by atoms with E-state index >= 15 is 0 Å². The smallest absolute Gasteiger partial charge is 0.323 e. The molecule has 156 valence electrons. The Morgan fingerprint density at radius 1 is 0.630 bits per heavy atom. The van der Waals surface area contributed by atoms with Gasteiger partial charge in [0, 0.05) is 6.67 Å². The average Bonchev–Trinajstić information content (AvgIpc) is 2.60. The monoisotopic (exact) mass is 390 g/mol. The second-order valence-corrected chi connectivity index (χ2v) is 5.21. The highest BCUT2D eigenvalue weighted by Gasteiger charge is 2.26. The molecule has 0 aliphatic heterocycles. The zero-order valence-corrected chi connectivity index (χ0v) is 16.4. The van der Waals surface area contributed by atoms with Crippen LogP contribution < -0.4 is 10.6 Å². The molecule has 0 aromatic heterocycles. The van der Waals surface area contributed by atoms with Gasteiger partial charge in [0.15, 0.2) is 0 Å². The fraction of sp³-hybridized carbons (Fsp3) is 0.765. The molecule has 0 aromatic rings. The van der Waals surface area contributed by atoms with E-state index in [4.69, 9.17) is 18.9 Å². The Morgan fingerprint density at radius 2 is 0.963 bits per heavy atom. The van der Waals surface area contributed by atoms with E-state index in [1.807, 2.05) is 0 Å². The van der Waals surface area contributed by atoms with Gasteiger partial charge in [0.1, 0.15) is 12.1 Å². The second kappa shape index (κ2) is 14.9. The number of hydrogen-bond donors (Lipinski definition) is 2. The third-order valence-electron chi connectivity index (χ3n) is 3.19. The van der Waals surface area contributed by atoms with Crippen molar-refractivity contribution in [3.8, 4) is 0 Å². The molecule has 0 aliphatic carbocycles. The van der Waals surface area contributed by atoms with Crippen molar-refractivity contribution in [1.82, 2.24) is 10.6 Å². The van der Waals surface area contributed by atoms with Gasteiger partial charge in [-0.05, 0) is 27.7 Å². The Balaban J connectivity index is 4.80. The van der Waals surface area contributed by atoms with E-state index in [0.29, 0.717) is 0 Å². The first kappa shape index (κ1) is 24.8. The van der Waals surface area contributed by atoms with Crippen molar-refractivity contribution in [3.05, 3.63) is 0 Å². The van der Waals surface area contributed by atoms with Gasteiger partial charge in [-0.1, -0.05) is 0 Å². The largest absolute Gasteiger partial charge is 0.466 e. The molecule has 0 rings (SSSR count). The van der Waals surface area contributed by atoms with Gasteiger partial charge in [0.2, 0.25) is 0 Å². The zero-order valence-electron chi connectivity index (χ0n) is 16.4. The Kier molecular flexibility index (Phi) is 13.7. The van der Waals surface area contributed by atoms with Crippen LogP contribution in [0.4, 0.5) is 0 Å². The molecular formula is C17H30N2O8. The Morgan fingerprint density at radius 3 is 1.26 bits per heavy atom. The predicted octanol–water partition coefficient (Wildman–Crippen LogP) is -0.107. The molecule has 2 unspecified atom stereocenters. The summed E-state index contributed by atoms with van der Waals surface area (Å²) in [6.07, 6.45) is -0.452. The summed E-state index contributed by atoms with van der Waals surface area (Å²) in [5, 5.41) is 5.56. The maximum Gasteiger partial charge on any atom is 0.323 e. The Labute approximate surface area is 159 Å². The third kappa shape index (κ3) is 11.2. The number of nitrogens with one attached hydrogen (secondary N) is 2. The van der Waals surface area contributed by atoms with Crippen LogP contribution in [0.2, 0.25) is 0 Å². The lowest BCUT2D eigenvalue weighted by Crippen LogP contribution is -2.49. The van der Waals surface area contributed by atoms with Gasteiger partial charge in [0.25, 0.3) is 0 Å². The molecule has 27 heavy (non-hydrogen) atoms. The van der Waals surface area contributed by atoms with Gasteiger partial charge < -0.3 is 18.9 Å². The predicted molar refractivity (Wildman–Crippen MR) is 94.5 cm³/mol. The van der Waals surface area contributed by atoms with Crippen molar-refractivity contribution in [2.45, 2.75) is 52.6 Å². The summed E-state index contributed by atoms with van der Waals surface area (Å²) in [4.78, 5) is 47.2. The van der Waals surface area contributed by atoms with Crippen LogP contribution in [-0.4, -0.2) is 69.1 Å². The fourth-order valence-corrected chi connectivity index (χ4v) is 2.04. The molecule has 0 heterocycles.